The Morgan fingerprint density at radius 3 is 2.64 bits per heavy atom. The molecule has 1 N–H and O–H groups in total. The van der Waals surface area contributed by atoms with Gasteiger partial charge in [0.25, 0.3) is 5.91 Å². The number of nitrogens with one attached hydrogen (secondary N) is 1. The van der Waals surface area contributed by atoms with Crippen molar-refractivity contribution < 1.29 is 18.8 Å². The van der Waals surface area contributed by atoms with E-state index in [2.05, 4.69) is 10.5 Å². The van der Waals surface area contributed by atoms with E-state index in [4.69, 9.17) is 9.26 Å². The van der Waals surface area contributed by atoms with Gasteiger partial charge in [0, 0.05) is 6.07 Å². The van der Waals surface area contributed by atoms with Gasteiger partial charge in [-0.25, -0.2) is 4.79 Å². The van der Waals surface area contributed by atoms with Crippen LogP contribution in [0.25, 0.3) is 0 Å². The number of esters is 1. The number of carbonyl (C=O) groups is 2. The highest BCUT2D eigenvalue weighted by molar-refractivity contribution is 5.97. The lowest BCUT2D eigenvalue weighted by atomic mass is 10.1. The Morgan fingerprint density at radius 1 is 1.32 bits per heavy atom. The monoisotopic (exact) mass is 302 g/mol. The molecule has 1 aromatic heterocycles. The van der Waals surface area contributed by atoms with E-state index >= 15 is 0 Å². The van der Waals surface area contributed by atoms with Crippen molar-refractivity contribution in [2.75, 3.05) is 5.32 Å². The molecule has 6 nitrogen and oxygen atoms in total. The summed E-state index contributed by atoms with van der Waals surface area (Å²) < 4.78 is 10.2. The lowest BCUT2D eigenvalue weighted by Crippen LogP contribution is -2.32. The number of nitrogens with zero attached hydrogens (tertiary/aromatic N) is 1. The van der Waals surface area contributed by atoms with Gasteiger partial charge < -0.3 is 14.6 Å². The highest BCUT2D eigenvalue weighted by Crippen LogP contribution is 2.13. The molecule has 1 heterocycles. The molecule has 0 spiro atoms. The first-order valence-electron chi connectivity index (χ1n) is 7.02. The summed E-state index contributed by atoms with van der Waals surface area (Å²) in [5.41, 5.74) is 1.25. The Balaban J connectivity index is 2.04. The number of benzene rings is 1. The Morgan fingerprint density at radius 2 is 2.05 bits per heavy atom. The van der Waals surface area contributed by atoms with Crippen LogP contribution < -0.4 is 5.32 Å². The quantitative estimate of drug-likeness (QED) is 0.859. The molecular weight excluding hydrogens is 284 g/mol. The Hall–Kier alpha value is -2.63. The predicted octanol–water partition coefficient (Wildman–Crippen LogP) is 2.87. The number of hydrogen-bond acceptors (Lipinski definition) is 5. The van der Waals surface area contributed by atoms with Crippen LogP contribution in [0.15, 0.2) is 34.9 Å². The summed E-state index contributed by atoms with van der Waals surface area (Å²) in [6.45, 7) is 5.30. The summed E-state index contributed by atoms with van der Waals surface area (Å²) in [7, 11) is 0. The Kier molecular flexibility index (Phi) is 4.93. The van der Waals surface area contributed by atoms with Crippen LogP contribution in [0.1, 0.15) is 35.0 Å². The summed E-state index contributed by atoms with van der Waals surface area (Å²) in [4.78, 5) is 24.3. The molecule has 0 aliphatic rings. The van der Waals surface area contributed by atoms with Gasteiger partial charge in [0.1, 0.15) is 5.76 Å². The average Bonchev–Trinajstić information content (AvgIpc) is 2.90. The molecule has 0 saturated heterocycles. The number of rotatable bonds is 5. The van der Waals surface area contributed by atoms with Crippen molar-refractivity contribution in [3.05, 3.63) is 47.2 Å². The van der Waals surface area contributed by atoms with Crippen LogP contribution in [0.4, 0.5) is 5.82 Å². The molecule has 0 aliphatic carbocycles. The first kappa shape index (κ1) is 15.8. The van der Waals surface area contributed by atoms with Crippen molar-refractivity contribution in [1.82, 2.24) is 5.16 Å². The molecular formula is C16H18N2O4. The van der Waals surface area contributed by atoms with Crippen LogP contribution in [-0.4, -0.2) is 23.1 Å². The lowest BCUT2D eigenvalue weighted by Gasteiger charge is -2.15. The van der Waals surface area contributed by atoms with E-state index in [0.29, 0.717) is 23.6 Å². The van der Waals surface area contributed by atoms with Gasteiger partial charge in [-0.3, -0.25) is 4.79 Å². The van der Waals surface area contributed by atoms with Crippen molar-refractivity contribution in [2.24, 2.45) is 0 Å². The summed E-state index contributed by atoms with van der Waals surface area (Å²) in [5.74, 6) is -0.0673. The number of aromatic nitrogens is 1. The molecule has 1 atom stereocenters. The zero-order valence-corrected chi connectivity index (χ0v) is 12.8. The van der Waals surface area contributed by atoms with Crippen molar-refractivity contribution >= 4 is 17.7 Å². The number of hydrogen-bond donors (Lipinski definition) is 1. The predicted molar refractivity (Wildman–Crippen MR) is 80.5 cm³/mol. The highest BCUT2D eigenvalue weighted by Gasteiger charge is 2.23. The topological polar surface area (TPSA) is 81.4 Å². The fourth-order valence-electron chi connectivity index (χ4n) is 1.95. The van der Waals surface area contributed by atoms with Crippen molar-refractivity contribution in [3.8, 4) is 0 Å². The minimum Gasteiger partial charge on any atom is -0.449 e. The van der Waals surface area contributed by atoms with Crippen molar-refractivity contribution in [2.45, 2.75) is 33.3 Å². The van der Waals surface area contributed by atoms with E-state index in [0.717, 1.165) is 5.56 Å². The molecule has 0 bridgehead atoms. The summed E-state index contributed by atoms with van der Waals surface area (Å²) >= 11 is 0. The van der Waals surface area contributed by atoms with Crippen molar-refractivity contribution in [1.29, 1.82) is 0 Å². The van der Waals surface area contributed by atoms with Gasteiger partial charge in [-0.1, -0.05) is 30.3 Å². The van der Waals surface area contributed by atoms with Crippen LogP contribution >= 0.6 is 0 Å². The second-order valence-corrected chi connectivity index (χ2v) is 4.93. The van der Waals surface area contributed by atoms with Crippen LogP contribution in [0.5, 0.6) is 0 Å². The Labute approximate surface area is 128 Å². The Bertz CT molecular complexity index is 678. The number of amides is 1. The largest absolute Gasteiger partial charge is 0.449 e. The molecule has 0 saturated carbocycles. The summed E-state index contributed by atoms with van der Waals surface area (Å²) in [5, 5.41) is 6.24. The fourth-order valence-corrected chi connectivity index (χ4v) is 1.95. The highest BCUT2D eigenvalue weighted by atomic mass is 16.5. The van der Waals surface area contributed by atoms with E-state index in [1.54, 1.807) is 32.0 Å². The molecule has 1 aromatic carbocycles. The lowest BCUT2D eigenvalue weighted by molar-refractivity contribution is -0.124. The summed E-state index contributed by atoms with van der Waals surface area (Å²) in [6.07, 6.45) is -0.524. The maximum Gasteiger partial charge on any atom is 0.339 e. The molecule has 1 unspecified atom stereocenters. The van der Waals surface area contributed by atoms with Gasteiger partial charge in [-0.05, 0) is 31.9 Å². The molecule has 1 amide bonds. The summed E-state index contributed by atoms with van der Waals surface area (Å²) in [6, 6.07) is 8.67. The van der Waals surface area contributed by atoms with Gasteiger partial charge in [-0.15, -0.1) is 0 Å². The molecule has 0 aliphatic heterocycles. The average molecular weight is 302 g/mol. The van der Waals surface area contributed by atoms with Crippen LogP contribution in [0.3, 0.4) is 0 Å². The molecule has 2 rings (SSSR count). The number of carbonyl (C=O) groups excluding carboxylic acids is 2. The van der Waals surface area contributed by atoms with Gasteiger partial charge >= 0.3 is 5.97 Å². The van der Waals surface area contributed by atoms with Gasteiger partial charge in [0.2, 0.25) is 0 Å². The molecule has 22 heavy (non-hydrogen) atoms. The maximum absolute atomic E-state index is 12.2. The normalized spacial score (nSPS) is 11.8. The molecule has 0 fully saturated rings. The SMILES string of the molecule is CCC(OC(=O)c1ccccc1C)C(=O)Nc1cc(C)on1. The van der Waals surface area contributed by atoms with E-state index in [9.17, 15) is 9.59 Å². The van der Waals surface area contributed by atoms with E-state index in [1.807, 2.05) is 19.1 Å². The standard InChI is InChI=1S/C16H18N2O4/c1-4-13(15(19)17-14-9-11(3)22-18-14)21-16(20)12-8-6-5-7-10(12)2/h5-9,13H,4H2,1-3H3,(H,17,18,19). The smallest absolute Gasteiger partial charge is 0.339 e. The minimum absolute atomic E-state index is 0.299. The van der Waals surface area contributed by atoms with Crippen molar-refractivity contribution in [3.63, 3.8) is 0 Å². The third-order valence-electron chi connectivity index (χ3n) is 3.16. The van der Waals surface area contributed by atoms with Crippen LogP contribution in [-0.2, 0) is 9.53 Å². The molecule has 6 heteroatoms. The number of aryl methyl sites for hydroxylation is 2. The zero-order chi connectivity index (χ0) is 16.1. The maximum atomic E-state index is 12.2. The van der Waals surface area contributed by atoms with Gasteiger partial charge in [0.15, 0.2) is 11.9 Å². The van der Waals surface area contributed by atoms with E-state index in [1.165, 1.54) is 0 Å². The third-order valence-corrected chi connectivity index (χ3v) is 3.16. The first-order chi connectivity index (χ1) is 10.5. The van der Waals surface area contributed by atoms with E-state index in [-0.39, 0.29) is 0 Å². The minimum atomic E-state index is -0.885. The van der Waals surface area contributed by atoms with Gasteiger partial charge in [0.05, 0.1) is 5.56 Å². The van der Waals surface area contributed by atoms with Gasteiger partial charge in [-0.2, -0.15) is 0 Å². The molecule has 2 aromatic rings. The van der Waals surface area contributed by atoms with Crippen LogP contribution in [0, 0.1) is 13.8 Å². The second-order valence-electron chi connectivity index (χ2n) is 4.93. The van der Waals surface area contributed by atoms with E-state index < -0.39 is 18.0 Å². The first-order valence-corrected chi connectivity index (χ1v) is 7.02. The third kappa shape index (κ3) is 3.72. The zero-order valence-electron chi connectivity index (χ0n) is 12.8. The number of ether oxygens (including phenoxy) is 1. The van der Waals surface area contributed by atoms with Crippen LogP contribution in [0.2, 0.25) is 0 Å². The second kappa shape index (κ2) is 6.89. The fraction of sp³-hybridized carbons (Fsp3) is 0.312. The molecule has 0 radical (unpaired) electrons. The number of anilines is 1. The molecule has 116 valence electrons.